The maximum atomic E-state index is 12.5. The maximum Gasteiger partial charge on any atom is 0.472 e. The second kappa shape index (κ2) is 33.6. The lowest BCUT2D eigenvalue weighted by atomic mass is 10.1. The first-order valence-electron chi connectivity index (χ1n) is 17.8. The summed E-state index contributed by atoms with van der Waals surface area (Å²) >= 11 is 0. The third-order valence-electron chi connectivity index (χ3n) is 6.89. The highest BCUT2D eigenvalue weighted by Crippen LogP contribution is 2.43. The molecule has 0 aliphatic carbocycles. The molecule has 0 saturated carbocycles. The molecule has 0 rings (SSSR count). The van der Waals surface area contributed by atoms with Gasteiger partial charge < -0.3 is 20.1 Å². The van der Waals surface area contributed by atoms with E-state index >= 15 is 0 Å². The van der Waals surface area contributed by atoms with Gasteiger partial charge in [-0.1, -0.05) is 107 Å². The van der Waals surface area contributed by atoms with E-state index in [4.69, 9.17) is 24.3 Å². The molecule has 9 nitrogen and oxygen atoms in total. The molecule has 0 fully saturated rings. The molecule has 0 radical (unpaired) electrons. The van der Waals surface area contributed by atoms with Crippen LogP contribution < -0.4 is 5.73 Å². The highest BCUT2D eigenvalue weighted by Gasteiger charge is 2.25. The van der Waals surface area contributed by atoms with E-state index < -0.39 is 32.5 Å². The van der Waals surface area contributed by atoms with Gasteiger partial charge in [-0.2, -0.15) is 0 Å². The van der Waals surface area contributed by atoms with Crippen molar-refractivity contribution < 1.29 is 37.6 Å². The zero-order chi connectivity index (χ0) is 34.7. The largest absolute Gasteiger partial charge is 0.472 e. The van der Waals surface area contributed by atoms with Crippen LogP contribution in [0.2, 0.25) is 0 Å². The molecular formula is C37H64NO8P. The number of ether oxygens (including phenoxy) is 2. The topological polar surface area (TPSA) is 134 Å². The molecule has 0 heterocycles. The second-order valence-corrected chi connectivity index (χ2v) is 12.8. The van der Waals surface area contributed by atoms with Gasteiger partial charge in [0.25, 0.3) is 0 Å². The number of rotatable bonds is 32. The lowest BCUT2D eigenvalue weighted by Crippen LogP contribution is -2.29. The number of nitrogens with two attached hydrogens (primary N) is 1. The number of hydrogen-bond donors (Lipinski definition) is 2. The molecule has 3 N–H and O–H groups in total. The second-order valence-electron chi connectivity index (χ2n) is 11.3. The van der Waals surface area contributed by atoms with Crippen LogP contribution in [0.4, 0.5) is 0 Å². The molecule has 0 saturated heterocycles. The van der Waals surface area contributed by atoms with Crippen molar-refractivity contribution in [1.82, 2.24) is 0 Å². The summed E-state index contributed by atoms with van der Waals surface area (Å²) in [5.41, 5.74) is 5.32. The van der Waals surface area contributed by atoms with E-state index in [1.165, 1.54) is 12.8 Å². The van der Waals surface area contributed by atoms with Crippen LogP contribution in [0.5, 0.6) is 0 Å². The Morgan fingerprint density at radius 1 is 0.660 bits per heavy atom. The molecule has 0 spiro atoms. The smallest absolute Gasteiger partial charge is 0.462 e. The number of unbranched alkanes of at least 4 members (excludes halogenated alkanes) is 9. The number of allylic oxidation sites excluding steroid dienone is 10. The van der Waals surface area contributed by atoms with E-state index in [0.29, 0.717) is 12.8 Å². The molecule has 0 aliphatic heterocycles. The molecular weight excluding hydrogens is 617 g/mol. The van der Waals surface area contributed by atoms with E-state index in [1.54, 1.807) is 0 Å². The predicted molar refractivity (Wildman–Crippen MR) is 192 cm³/mol. The number of carbonyl (C=O) groups is 2. The van der Waals surface area contributed by atoms with Crippen LogP contribution in [-0.2, 0) is 32.7 Å². The molecule has 0 aromatic rings. The molecule has 2 atom stereocenters. The Kier molecular flexibility index (Phi) is 32.0. The summed E-state index contributed by atoms with van der Waals surface area (Å²) in [5.74, 6) is -0.898. The van der Waals surface area contributed by atoms with Crippen LogP contribution in [0.15, 0.2) is 60.8 Å². The summed E-state index contributed by atoms with van der Waals surface area (Å²) in [6, 6.07) is 0. The van der Waals surface area contributed by atoms with Crippen LogP contribution in [0.1, 0.15) is 129 Å². The van der Waals surface area contributed by atoms with E-state index in [0.717, 1.165) is 77.0 Å². The SMILES string of the molecule is CCC=CCC=CCC=CCC=CCCCCC(=O)OC(COC(=O)CCCCCCCC=CCCCC)COP(=O)(O)OCCN. The fourth-order valence-electron chi connectivity index (χ4n) is 4.25. The van der Waals surface area contributed by atoms with E-state index in [9.17, 15) is 19.0 Å². The van der Waals surface area contributed by atoms with Gasteiger partial charge in [0, 0.05) is 19.4 Å². The number of esters is 2. The van der Waals surface area contributed by atoms with Crippen molar-refractivity contribution in [2.75, 3.05) is 26.4 Å². The quantitative estimate of drug-likeness (QED) is 0.0308. The number of phosphoric acid groups is 1. The summed E-state index contributed by atoms with van der Waals surface area (Å²) in [5, 5.41) is 0. The number of carbonyl (C=O) groups excluding carboxylic acids is 2. The van der Waals surface area contributed by atoms with Crippen LogP contribution in [-0.4, -0.2) is 49.3 Å². The third-order valence-corrected chi connectivity index (χ3v) is 7.87. The lowest BCUT2D eigenvalue weighted by molar-refractivity contribution is -0.161. The van der Waals surface area contributed by atoms with E-state index in [-0.39, 0.29) is 32.6 Å². The summed E-state index contributed by atoms with van der Waals surface area (Å²) in [4.78, 5) is 34.6. The minimum Gasteiger partial charge on any atom is -0.462 e. The van der Waals surface area contributed by atoms with Crippen molar-refractivity contribution in [2.24, 2.45) is 5.73 Å². The average Bonchev–Trinajstić information content (AvgIpc) is 3.05. The van der Waals surface area contributed by atoms with Gasteiger partial charge in [-0.15, -0.1) is 0 Å². The zero-order valence-corrected chi connectivity index (χ0v) is 30.1. The zero-order valence-electron chi connectivity index (χ0n) is 29.2. The van der Waals surface area contributed by atoms with Gasteiger partial charge in [-0.05, 0) is 70.6 Å². The Balaban J connectivity index is 4.37. The maximum absolute atomic E-state index is 12.5. The first kappa shape index (κ1) is 44.7. The lowest BCUT2D eigenvalue weighted by Gasteiger charge is -2.19. The fourth-order valence-corrected chi connectivity index (χ4v) is 5.02. The van der Waals surface area contributed by atoms with Crippen molar-refractivity contribution in [3.63, 3.8) is 0 Å². The molecule has 0 amide bonds. The summed E-state index contributed by atoms with van der Waals surface area (Å²) < 4.78 is 32.5. The van der Waals surface area contributed by atoms with Gasteiger partial charge in [-0.3, -0.25) is 18.6 Å². The van der Waals surface area contributed by atoms with Crippen molar-refractivity contribution in [1.29, 1.82) is 0 Å². The third kappa shape index (κ3) is 33.4. The summed E-state index contributed by atoms with van der Waals surface area (Å²) in [7, 11) is -4.38. The van der Waals surface area contributed by atoms with Crippen molar-refractivity contribution in [2.45, 2.75) is 136 Å². The normalized spacial score (nSPS) is 14.2. The van der Waals surface area contributed by atoms with Gasteiger partial charge in [0.1, 0.15) is 6.61 Å². The summed E-state index contributed by atoms with van der Waals surface area (Å²) in [6.07, 6.45) is 36.9. The van der Waals surface area contributed by atoms with Crippen LogP contribution in [0.25, 0.3) is 0 Å². The fraction of sp³-hybridized carbons (Fsp3) is 0.676. The van der Waals surface area contributed by atoms with Crippen LogP contribution >= 0.6 is 7.82 Å². The Labute approximate surface area is 285 Å². The molecule has 0 aromatic heterocycles. The highest BCUT2D eigenvalue weighted by atomic mass is 31.2. The highest BCUT2D eigenvalue weighted by molar-refractivity contribution is 7.47. The van der Waals surface area contributed by atoms with E-state index in [2.05, 4.69) is 74.6 Å². The molecule has 47 heavy (non-hydrogen) atoms. The molecule has 2 unspecified atom stereocenters. The van der Waals surface area contributed by atoms with Gasteiger partial charge >= 0.3 is 19.8 Å². The Bertz CT molecular complexity index is 960. The van der Waals surface area contributed by atoms with Crippen LogP contribution in [0, 0.1) is 0 Å². The number of hydrogen-bond acceptors (Lipinski definition) is 8. The van der Waals surface area contributed by atoms with Crippen molar-refractivity contribution >= 4 is 19.8 Å². The van der Waals surface area contributed by atoms with Gasteiger partial charge in [0.05, 0.1) is 13.2 Å². The molecule has 0 aromatic carbocycles. The Hall–Kier alpha value is -2.29. The predicted octanol–water partition coefficient (Wildman–Crippen LogP) is 9.38. The molecule has 10 heteroatoms. The monoisotopic (exact) mass is 681 g/mol. The first-order chi connectivity index (χ1) is 22.8. The van der Waals surface area contributed by atoms with E-state index in [1.807, 2.05) is 0 Å². The average molecular weight is 682 g/mol. The van der Waals surface area contributed by atoms with Crippen LogP contribution in [0.3, 0.4) is 0 Å². The molecule has 0 aliphatic rings. The first-order valence-corrected chi connectivity index (χ1v) is 19.3. The Morgan fingerprint density at radius 2 is 1.17 bits per heavy atom. The van der Waals surface area contributed by atoms with Gasteiger partial charge in [0.2, 0.25) is 0 Å². The molecule has 270 valence electrons. The molecule has 0 bridgehead atoms. The Morgan fingerprint density at radius 3 is 1.81 bits per heavy atom. The summed E-state index contributed by atoms with van der Waals surface area (Å²) in [6.45, 7) is 3.48. The van der Waals surface area contributed by atoms with Gasteiger partial charge in [-0.25, -0.2) is 4.57 Å². The van der Waals surface area contributed by atoms with Crippen molar-refractivity contribution in [3.8, 4) is 0 Å². The van der Waals surface area contributed by atoms with Gasteiger partial charge in [0.15, 0.2) is 6.10 Å². The van der Waals surface area contributed by atoms with Crippen molar-refractivity contribution in [3.05, 3.63) is 60.8 Å². The number of phosphoric ester groups is 1. The standard InChI is InChI=1S/C37H64NO8P/c1-3-5-7-9-11-13-15-16-17-18-20-22-24-26-28-30-37(40)46-35(34-45-47(41,42)44-32-31-38)33-43-36(39)29-27-25-23-21-19-14-12-10-8-6-4-2/h5,7,10-13,16-17,20,22,35H,3-4,6,8-9,14-15,18-19,21,23-34,38H2,1-2H3,(H,41,42). The minimum absolute atomic E-state index is 0.0426. The minimum atomic E-state index is -4.38.